The molecule has 0 unspecified atom stereocenters. The van der Waals surface area contributed by atoms with Gasteiger partial charge in [0.1, 0.15) is 0 Å². The third-order valence-electron chi connectivity index (χ3n) is 9.67. The van der Waals surface area contributed by atoms with E-state index < -0.39 is 35.7 Å². The molecule has 0 amide bonds. The number of carboxylic acid groups (broad SMARTS) is 4. The predicted octanol–water partition coefficient (Wildman–Crippen LogP) is 6.25. The summed E-state index contributed by atoms with van der Waals surface area (Å²) in [6.45, 7) is 3.02. The average molecular weight is 1170 g/mol. The van der Waals surface area contributed by atoms with Gasteiger partial charge in [-0.05, 0) is 107 Å². The first kappa shape index (κ1) is 58.2. The summed E-state index contributed by atoms with van der Waals surface area (Å²) in [6, 6.07) is 52.3. The minimum Gasteiger partial charge on any atom is -0.550 e. The van der Waals surface area contributed by atoms with Gasteiger partial charge in [0.15, 0.2) is 0 Å². The minimum atomic E-state index is -1.20. The van der Waals surface area contributed by atoms with E-state index in [4.69, 9.17) is 0 Å². The summed E-state index contributed by atoms with van der Waals surface area (Å²) in [6.07, 6.45) is 6.55. The summed E-state index contributed by atoms with van der Waals surface area (Å²) < 4.78 is 0. The molecule has 0 fully saturated rings. The van der Waals surface area contributed by atoms with Crippen molar-refractivity contribution in [3.63, 3.8) is 0 Å². The fourth-order valence-electron chi connectivity index (χ4n) is 6.08. The van der Waals surface area contributed by atoms with Crippen molar-refractivity contribution in [3.05, 3.63) is 217 Å². The van der Waals surface area contributed by atoms with E-state index in [1.165, 1.54) is 37.4 Å². The standard InChI is InChI=1S/2C17H16O4S.2C10H8N2.2Cd/c2*1-11(17(20)21)12-7-8-15(13(9-12)10-16(18)19)22-14-5-3-2-4-6-14;2*1-3-7-11-9(5-1)10-6-2-4-8-12-10;;/h2*2-9,11H,10H2,1H3,(H,18,19)(H,20,21);2*1-8H;;/q;;;;2*+2/p-4/t2*11-;;;;/m10..../s1. The third kappa shape index (κ3) is 19.7. The second-order valence-corrected chi connectivity index (χ2v) is 16.8. The van der Waals surface area contributed by atoms with Crippen LogP contribution in [0.25, 0.3) is 22.8 Å². The number of carboxylic acids is 4. The smallest absolute Gasteiger partial charge is 0.550 e. The average Bonchev–Trinajstić information content (AvgIpc) is 3.36. The van der Waals surface area contributed by atoms with E-state index in [2.05, 4.69) is 19.9 Å². The summed E-state index contributed by atoms with van der Waals surface area (Å²) >= 11 is 2.86. The number of rotatable bonds is 14. The molecule has 70 heavy (non-hydrogen) atoms. The Hall–Kier alpha value is -6.10. The quantitative estimate of drug-likeness (QED) is 0.110. The zero-order valence-corrected chi connectivity index (χ0v) is 48.0. The van der Waals surface area contributed by atoms with Gasteiger partial charge >= 0.3 is 54.6 Å². The Balaban J connectivity index is 0.000000253. The number of hydrogen-bond acceptors (Lipinski definition) is 14. The summed E-state index contributed by atoms with van der Waals surface area (Å²) in [4.78, 5) is 64.0. The summed E-state index contributed by atoms with van der Waals surface area (Å²) in [7, 11) is 0. The van der Waals surface area contributed by atoms with Crippen LogP contribution in [0.15, 0.2) is 214 Å². The maximum atomic E-state index is 11.0. The Morgan fingerprint density at radius 1 is 0.414 bits per heavy atom. The van der Waals surface area contributed by atoms with Crippen molar-refractivity contribution < 1.29 is 94.2 Å². The van der Waals surface area contributed by atoms with Crippen molar-refractivity contribution in [2.45, 2.75) is 58.1 Å². The van der Waals surface area contributed by atoms with Gasteiger partial charge in [0.05, 0.1) is 22.8 Å². The van der Waals surface area contributed by atoms with E-state index in [0.717, 1.165) is 42.4 Å². The van der Waals surface area contributed by atoms with E-state index in [0.29, 0.717) is 22.3 Å². The molecule has 0 spiro atoms. The van der Waals surface area contributed by atoms with E-state index in [1.807, 2.05) is 133 Å². The number of nitrogens with zero attached hydrogens (tertiary/aromatic N) is 4. The Kier molecular flexibility index (Phi) is 25.9. The fraction of sp³-hybridized carbons (Fsp3) is 0.111. The van der Waals surface area contributed by atoms with Gasteiger partial charge in [-0.2, -0.15) is 0 Å². The summed E-state index contributed by atoms with van der Waals surface area (Å²) in [5, 5.41) is 43.8. The molecular weight excluding hydrogens is 1120 g/mol. The van der Waals surface area contributed by atoms with Crippen LogP contribution >= 0.6 is 23.5 Å². The van der Waals surface area contributed by atoms with Gasteiger partial charge < -0.3 is 39.6 Å². The molecule has 0 saturated heterocycles. The number of aliphatic carboxylic acids is 4. The second kappa shape index (κ2) is 31.2. The number of aromatic nitrogens is 4. The van der Waals surface area contributed by atoms with E-state index >= 15 is 0 Å². The topological polar surface area (TPSA) is 212 Å². The summed E-state index contributed by atoms with van der Waals surface area (Å²) in [5.74, 6) is -6.38. The summed E-state index contributed by atoms with van der Waals surface area (Å²) in [5.41, 5.74) is 5.79. The predicted molar refractivity (Wildman–Crippen MR) is 253 cm³/mol. The van der Waals surface area contributed by atoms with Gasteiger partial charge in [-0.15, -0.1) is 0 Å². The Labute approximate surface area is 455 Å². The Morgan fingerprint density at radius 2 is 0.700 bits per heavy atom. The molecular formula is C54H44Cd2N4O8S2. The number of carbonyl (C=O) groups is 4. The molecule has 4 aromatic carbocycles. The van der Waals surface area contributed by atoms with Crippen LogP contribution in [0.5, 0.6) is 0 Å². The van der Waals surface area contributed by atoms with Gasteiger partial charge in [0.2, 0.25) is 0 Å². The molecule has 0 saturated carbocycles. The first-order valence-electron chi connectivity index (χ1n) is 21.1. The fourth-order valence-corrected chi connectivity index (χ4v) is 7.97. The molecule has 0 aliphatic carbocycles. The monoisotopic (exact) mass is 1170 g/mol. The van der Waals surface area contributed by atoms with Crippen LogP contribution in [-0.2, 0) is 86.6 Å². The molecule has 8 rings (SSSR count). The number of hydrogen-bond donors (Lipinski definition) is 0. The van der Waals surface area contributed by atoms with Gasteiger partial charge in [0.25, 0.3) is 0 Å². The number of benzene rings is 4. The van der Waals surface area contributed by atoms with Gasteiger partial charge in [0, 0.05) is 92.9 Å². The zero-order chi connectivity index (χ0) is 48.7. The molecule has 344 valence electrons. The van der Waals surface area contributed by atoms with E-state index in [9.17, 15) is 39.6 Å². The molecule has 2 atom stereocenters. The van der Waals surface area contributed by atoms with Crippen molar-refractivity contribution >= 4 is 47.4 Å². The minimum absolute atomic E-state index is 0. The molecule has 0 radical (unpaired) electrons. The maximum absolute atomic E-state index is 11.0. The first-order chi connectivity index (χ1) is 32.9. The zero-order valence-electron chi connectivity index (χ0n) is 38.3. The molecule has 0 aliphatic rings. The van der Waals surface area contributed by atoms with Crippen LogP contribution in [-0.4, -0.2) is 43.8 Å². The van der Waals surface area contributed by atoms with E-state index in [-0.39, 0.29) is 67.4 Å². The largest absolute Gasteiger partial charge is 2.00 e. The molecule has 0 bridgehead atoms. The SMILES string of the molecule is C[C@@H](C(=O)[O-])c1ccc(Sc2ccccc2)c(CC(=O)[O-])c1.C[C@H](C(=O)[O-])c1ccc(Sc2ccccc2)c(CC(=O)[O-])c1.[Cd+2].[Cd+2].c1ccc(-c2ccccn2)nc1.c1ccc(-c2ccccn2)nc1. The van der Waals surface area contributed by atoms with Crippen molar-refractivity contribution in [2.75, 3.05) is 0 Å². The molecule has 16 heteroatoms. The third-order valence-corrected chi connectivity index (χ3v) is 11.9. The molecule has 0 aliphatic heterocycles. The van der Waals surface area contributed by atoms with Gasteiger partial charge in [-0.3, -0.25) is 19.9 Å². The normalized spacial score (nSPS) is 10.8. The molecule has 4 heterocycles. The van der Waals surface area contributed by atoms with Crippen LogP contribution in [0.4, 0.5) is 0 Å². The van der Waals surface area contributed by atoms with Crippen LogP contribution < -0.4 is 20.4 Å². The Morgan fingerprint density at radius 3 is 0.943 bits per heavy atom. The molecule has 0 N–H and O–H groups in total. The van der Waals surface area contributed by atoms with Gasteiger partial charge in [-0.1, -0.05) is 122 Å². The van der Waals surface area contributed by atoms with Crippen LogP contribution in [0, 0.1) is 0 Å². The maximum Gasteiger partial charge on any atom is 2.00 e. The van der Waals surface area contributed by atoms with Crippen LogP contribution in [0.3, 0.4) is 0 Å². The molecule has 8 aromatic rings. The van der Waals surface area contributed by atoms with Crippen molar-refractivity contribution in [1.29, 1.82) is 0 Å². The van der Waals surface area contributed by atoms with Crippen LogP contribution in [0.1, 0.15) is 47.9 Å². The molecule has 12 nitrogen and oxygen atoms in total. The van der Waals surface area contributed by atoms with Crippen molar-refractivity contribution in [1.82, 2.24) is 19.9 Å². The van der Waals surface area contributed by atoms with E-state index in [1.54, 1.807) is 61.2 Å². The number of pyridine rings is 4. The number of carbonyl (C=O) groups excluding carboxylic acids is 4. The molecule has 4 aromatic heterocycles. The van der Waals surface area contributed by atoms with Gasteiger partial charge in [-0.25, -0.2) is 0 Å². The van der Waals surface area contributed by atoms with Crippen molar-refractivity contribution in [2.24, 2.45) is 0 Å². The Bertz CT molecular complexity index is 2570. The second-order valence-electron chi connectivity index (χ2n) is 14.6. The first-order valence-corrected chi connectivity index (χ1v) is 22.7. The van der Waals surface area contributed by atoms with Crippen molar-refractivity contribution in [3.8, 4) is 22.8 Å². The van der Waals surface area contributed by atoms with Crippen LogP contribution in [0.2, 0.25) is 0 Å².